The minimum Gasteiger partial charge on any atom is -0.309 e. The quantitative estimate of drug-likeness (QED) is 0.502. The summed E-state index contributed by atoms with van der Waals surface area (Å²) in [7, 11) is 2.10. The van der Waals surface area contributed by atoms with Gasteiger partial charge in [-0.05, 0) is 12.8 Å². The van der Waals surface area contributed by atoms with Crippen molar-refractivity contribution in [1.82, 2.24) is 19.7 Å². The Kier molecular flexibility index (Phi) is 5.93. The SMILES string of the molecule is Cc1ccc(-c2nc(CSc3nnc(CC4CCCCC4)n3C)cs2)cc1. The van der Waals surface area contributed by atoms with E-state index in [0.29, 0.717) is 0 Å². The molecule has 1 fully saturated rings. The maximum atomic E-state index is 4.80. The molecule has 0 radical (unpaired) electrons. The van der Waals surface area contributed by atoms with E-state index in [0.717, 1.165) is 39.8 Å². The summed E-state index contributed by atoms with van der Waals surface area (Å²) in [5.41, 5.74) is 3.57. The Morgan fingerprint density at radius 2 is 1.89 bits per heavy atom. The Balaban J connectivity index is 1.37. The Morgan fingerprint density at radius 1 is 1.11 bits per heavy atom. The lowest BCUT2D eigenvalue weighted by atomic mass is 9.87. The molecule has 1 saturated carbocycles. The molecule has 0 unspecified atom stereocenters. The van der Waals surface area contributed by atoms with Gasteiger partial charge in [-0.2, -0.15) is 0 Å². The monoisotopic (exact) mass is 398 g/mol. The number of thiazole rings is 1. The van der Waals surface area contributed by atoms with Crippen LogP contribution in [0, 0.1) is 12.8 Å². The van der Waals surface area contributed by atoms with Crippen LogP contribution in [0.2, 0.25) is 0 Å². The number of hydrogen-bond donors (Lipinski definition) is 0. The van der Waals surface area contributed by atoms with Crippen molar-refractivity contribution in [2.24, 2.45) is 13.0 Å². The molecular formula is C21H26N4S2. The molecule has 0 amide bonds. The number of benzene rings is 1. The Labute approximate surface area is 169 Å². The van der Waals surface area contributed by atoms with Gasteiger partial charge in [0.25, 0.3) is 0 Å². The number of thioether (sulfide) groups is 1. The van der Waals surface area contributed by atoms with Gasteiger partial charge in [-0.25, -0.2) is 4.98 Å². The molecule has 1 aliphatic carbocycles. The molecule has 0 spiro atoms. The van der Waals surface area contributed by atoms with E-state index in [9.17, 15) is 0 Å². The molecular weight excluding hydrogens is 372 g/mol. The molecule has 2 heterocycles. The second kappa shape index (κ2) is 8.57. The van der Waals surface area contributed by atoms with Crippen LogP contribution in [-0.2, 0) is 19.2 Å². The first kappa shape index (κ1) is 18.7. The molecule has 4 nitrogen and oxygen atoms in total. The molecule has 6 heteroatoms. The molecule has 4 rings (SSSR count). The predicted octanol–water partition coefficient (Wildman–Crippen LogP) is 5.66. The van der Waals surface area contributed by atoms with E-state index in [2.05, 4.69) is 58.4 Å². The normalized spacial score (nSPS) is 15.3. The highest BCUT2D eigenvalue weighted by atomic mass is 32.2. The number of nitrogens with zero attached hydrogens (tertiary/aromatic N) is 4. The van der Waals surface area contributed by atoms with Crippen LogP contribution in [0.25, 0.3) is 10.6 Å². The number of rotatable bonds is 6. The van der Waals surface area contributed by atoms with Gasteiger partial charge in [-0.15, -0.1) is 21.5 Å². The fourth-order valence-electron chi connectivity index (χ4n) is 3.64. The Bertz CT molecular complexity index is 876. The topological polar surface area (TPSA) is 43.6 Å². The molecule has 0 N–H and O–H groups in total. The highest BCUT2D eigenvalue weighted by Crippen LogP contribution is 2.29. The zero-order valence-corrected chi connectivity index (χ0v) is 17.7. The van der Waals surface area contributed by atoms with Crippen molar-refractivity contribution in [2.75, 3.05) is 0 Å². The molecule has 0 atom stereocenters. The second-order valence-corrected chi connectivity index (χ2v) is 9.27. The Hall–Kier alpha value is -1.66. The van der Waals surface area contributed by atoms with Gasteiger partial charge in [-0.1, -0.05) is 73.7 Å². The average molecular weight is 399 g/mol. The standard InChI is InChI=1S/C21H26N4S2/c1-15-8-10-17(11-9-15)20-22-18(13-26-20)14-27-21-24-23-19(25(21)2)12-16-6-4-3-5-7-16/h8-11,13,16H,3-7,12,14H2,1-2H3. The number of aryl methyl sites for hydroxylation is 1. The van der Waals surface area contributed by atoms with Crippen LogP contribution in [0.1, 0.15) is 49.2 Å². The van der Waals surface area contributed by atoms with Crippen LogP contribution in [0.4, 0.5) is 0 Å². The zero-order valence-electron chi connectivity index (χ0n) is 16.0. The van der Waals surface area contributed by atoms with E-state index in [-0.39, 0.29) is 0 Å². The van der Waals surface area contributed by atoms with Crippen LogP contribution >= 0.6 is 23.1 Å². The van der Waals surface area contributed by atoms with Gasteiger partial charge in [0.15, 0.2) is 5.16 Å². The van der Waals surface area contributed by atoms with E-state index in [4.69, 9.17) is 4.98 Å². The third kappa shape index (κ3) is 4.61. The molecule has 0 aliphatic heterocycles. The summed E-state index contributed by atoms with van der Waals surface area (Å²) in [5.74, 6) is 2.75. The lowest BCUT2D eigenvalue weighted by Crippen LogP contribution is -2.12. The highest BCUT2D eigenvalue weighted by Gasteiger charge is 2.18. The summed E-state index contributed by atoms with van der Waals surface area (Å²) < 4.78 is 2.17. The minimum absolute atomic E-state index is 0.787. The molecule has 3 aromatic rings. The van der Waals surface area contributed by atoms with Crippen LogP contribution in [-0.4, -0.2) is 19.7 Å². The fraction of sp³-hybridized carbons (Fsp3) is 0.476. The van der Waals surface area contributed by atoms with E-state index < -0.39 is 0 Å². The Morgan fingerprint density at radius 3 is 2.67 bits per heavy atom. The largest absolute Gasteiger partial charge is 0.309 e. The smallest absolute Gasteiger partial charge is 0.191 e. The first-order chi connectivity index (χ1) is 13.2. The third-order valence-corrected chi connectivity index (χ3v) is 7.31. The first-order valence-corrected chi connectivity index (χ1v) is 11.6. The number of hydrogen-bond acceptors (Lipinski definition) is 5. The van der Waals surface area contributed by atoms with Crippen molar-refractivity contribution in [3.63, 3.8) is 0 Å². The summed E-state index contributed by atoms with van der Waals surface area (Å²) in [6.45, 7) is 2.11. The van der Waals surface area contributed by atoms with E-state index in [1.54, 1.807) is 23.1 Å². The van der Waals surface area contributed by atoms with Crippen LogP contribution in [0.5, 0.6) is 0 Å². The fourth-order valence-corrected chi connectivity index (χ4v) is 5.39. The minimum atomic E-state index is 0.787. The van der Waals surface area contributed by atoms with Gasteiger partial charge in [0, 0.05) is 30.2 Å². The molecule has 0 bridgehead atoms. The van der Waals surface area contributed by atoms with Gasteiger partial charge in [0.1, 0.15) is 10.8 Å². The van der Waals surface area contributed by atoms with E-state index in [1.807, 2.05) is 0 Å². The lowest BCUT2D eigenvalue weighted by Gasteiger charge is -2.20. The van der Waals surface area contributed by atoms with Crippen LogP contribution in [0.15, 0.2) is 34.8 Å². The maximum absolute atomic E-state index is 4.80. The van der Waals surface area contributed by atoms with Crippen LogP contribution < -0.4 is 0 Å². The summed E-state index contributed by atoms with van der Waals surface area (Å²) in [6.07, 6.45) is 7.90. The summed E-state index contributed by atoms with van der Waals surface area (Å²) in [6, 6.07) is 8.56. The van der Waals surface area contributed by atoms with Crippen LogP contribution in [0.3, 0.4) is 0 Å². The van der Waals surface area contributed by atoms with Crippen molar-refractivity contribution in [2.45, 2.75) is 56.4 Å². The van der Waals surface area contributed by atoms with Crippen molar-refractivity contribution >= 4 is 23.1 Å². The van der Waals surface area contributed by atoms with Crippen molar-refractivity contribution < 1.29 is 0 Å². The molecule has 1 aromatic carbocycles. The third-order valence-electron chi connectivity index (χ3n) is 5.32. The second-order valence-electron chi connectivity index (χ2n) is 7.46. The lowest BCUT2D eigenvalue weighted by molar-refractivity contribution is 0.348. The van der Waals surface area contributed by atoms with E-state index in [1.165, 1.54) is 43.2 Å². The average Bonchev–Trinajstić information content (AvgIpc) is 3.29. The number of aromatic nitrogens is 4. The van der Waals surface area contributed by atoms with Gasteiger partial charge in [0.05, 0.1) is 5.69 Å². The highest BCUT2D eigenvalue weighted by molar-refractivity contribution is 7.98. The zero-order chi connectivity index (χ0) is 18.6. The summed E-state index contributed by atoms with van der Waals surface area (Å²) >= 11 is 3.44. The summed E-state index contributed by atoms with van der Waals surface area (Å²) in [4.78, 5) is 4.80. The van der Waals surface area contributed by atoms with Gasteiger partial charge in [-0.3, -0.25) is 0 Å². The molecule has 27 heavy (non-hydrogen) atoms. The molecule has 1 aliphatic rings. The molecule has 2 aromatic heterocycles. The first-order valence-electron chi connectivity index (χ1n) is 9.71. The molecule has 0 saturated heterocycles. The van der Waals surface area contributed by atoms with Gasteiger partial charge >= 0.3 is 0 Å². The van der Waals surface area contributed by atoms with Gasteiger partial charge in [0.2, 0.25) is 0 Å². The molecule has 142 valence electrons. The van der Waals surface area contributed by atoms with Gasteiger partial charge < -0.3 is 4.57 Å². The predicted molar refractivity (Wildman–Crippen MR) is 113 cm³/mol. The van der Waals surface area contributed by atoms with E-state index >= 15 is 0 Å². The van der Waals surface area contributed by atoms with Crippen molar-refractivity contribution in [3.8, 4) is 10.6 Å². The summed E-state index contributed by atoms with van der Waals surface area (Å²) in [5, 5.41) is 13.1. The van der Waals surface area contributed by atoms with Crippen molar-refractivity contribution in [1.29, 1.82) is 0 Å². The van der Waals surface area contributed by atoms with Crippen molar-refractivity contribution in [3.05, 3.63) is 46.7 Å². The maximum Gasteiger partial charge on any atom is 0.191 e.